The molecule has 0 bridgehead atoms. The second kappa shape index (κ2) is 9.45. The quantitative estimate of drug-likeness (QED) is 0.714. The van der Waals surface area contributed by atoms with Crippen molar-refractivity contribution >= 4 is 5.91 Å². The highest BCUT2D eigenvalue weighted by Gasteiger charge is 2.21. The van der Waals surface area contributed by atoms with Crippen molar-refractivity contribution in [3.63, 3.8) is 0 Å². The van der Waals surface area contributed by atoms with Gasteiger partial charge in [-0.05, 0) is 74.1 Å². The van der Waals surface area contributed by atoms with Gasteiger partial charge in [0.15, 0.2) is 6.10 Å². The van der Waals surface area contributed by atoms with E-state index in [1.807, 2.05) is 49.4 Å². The summed E-state index contributed by atoms with van der Waals surface area (Å²) in [5.74, 6) is 1.86. The summed E-state index contributed by atoms with van der Waals surface area (Å²) in [4.78, 5) is 12.7. The summed E-state index contributed by atoms with van der Waals surface area (Å²) in [6, 6.07) is 13.7. The summed E-state index contributed by atoms with van der Waals surface area (Å²) in [6.45, 7) is 10.2. The van der Waals surface area contributed by atoms with Gasteiger partial charge in [0.05, 0.1) is 13.2 Å². The highest BCUT2D eigenvalue weighted by molar-refractivity contribution is 5.81. The molecule has 0 heterocycles. The lowest BCUT2D eigenvalue weighted by Gasteiger charge is -2.24. The van der Waals surface area contributed by atoms with Gasteiger partial charge in [-0.3, -0.25) is 4.79 Å². The Kier molecular flexibility index (Phi) is 7.28. The third-order valence-corrected chi connectivity index (χ3v) is 4.70. The van der Waals surface area contributed by atoms with Crippen molar-refractivity contribution in [3.8, 4) is 11.5 Å². The number of hydrogen-bond donors (Lipinski definition) is 1. The molecule has 2 aromatic carbocycles. The normalized spacial score (nSPS) is 13.1. The molecule has 4 heteroatoms. The largest absolute Gasteiger partial charge is 0.497 e. The Labute approximate surface area is 162 Å². The molecule has 27 heavy (non-hydrogen) atoms. The molecule has 0 saturated carbocycles. The summed E-state index contributed by atoms with van der Waals surface area (Å²) in [5.41, 5.74) is 3.42. The van der Waals surface area contributed by atoms with E-state index >= 15 is 0 Å². The number of carbonyl (C=O) groups is 1. The van der Waals surface area contributed by atoms with Gasteiger partial charge in [-0.2, -0.15) is 0 Å². The smallest absolute Gasteiger partial charge is 0.261 e. The molecule has 0 aromatic heterocycles. The minimum absolute atomic E-state index is 0.0609. The molecule has 0 aliphatic heterocycles. The summed E-state index contributed by atoms with van der Waals surface area (Å²) in [5, 5.41) is 3.14. The predicted octanol–water partition coefficient (Wildman–Crippen LogP) is 4.98. The van der Waals surface area contributed by atoms with Crippen molar-refractivity contribution in [2.75, 3.05) is 7.11 Å². The Balaban J connectivity index is 2.07. The van der Waals surface area contributed by atoms with Crippen molar-refractivity contribution in [3.05, 3.63) is 59.2 Å². The maximum absolute atomic E-state index is 12.7. The first-order chi connectivity index (χ1) is 12.8. The van der Waals surface area contributed by atoms with Crippen LogP contribution in [0, 0.1) is 19.8 Å². The Morgan fingerprint density at radius 3 is 2.15 bits per heavy atom. The molecule has 146 valence electrons. The molecule has 0 unspecified atom stereocenters. The maximum Gasteiger partial charge on any atom is 0.261 e. The molecular weight excluding hydrogens is 338 g/mol. The average molecular weight is 370 g/mol. The van der Waals surface area contributed by atoms with Crippen molar-refractivity contribution in [1.29, 1.82) is 0 Å². The number of hydrogen-bond acceptors (Lipinski definition) is 3. The van der Waals surface area contributed by atoms with Crippen molar-refractivity contribution < 1.29 is 14.3 Å². The van der Waals surface area contributed by atoms with Gasteiger partial charge in [-0.1, -0.05) is 32.0 Å². The first-order valence-corrected chi connectivity index (χ1v) is 9.48. The molecule has 1 amide bonds. The van der Waals surface area contributed by atoms with Gasteiger partial charge in [0.2, 0.25) is 0 Å². The van der Waals surface area contributed by atoms with Crippen LogP contribution in [0.1, 0.15) is 49.9 Å². The van der Waals surface area contributed by atoms with Crippen LogP contribution in [0.5, 0.6) is 11.5 Å². The third kappa shape index (κ3) is 6.02. The van der Waals surface area contributed by atoms with E-state index in [0.29, 0.717) is 11.7 Å². The summed E-state index contributed by atoms with van der Waals surface area (Å²) in [7, 11) is 1.65. The lowest BCUT2D eigenvalue weighted by molar-refractivity contribution is -0.128. The lowest BCUT2D eigenvalue weighted by atomic mass is 9.96. The van der Waals surface area contributed by atoms with E-state index in [0.717, 1.165) is 23.3 Å². The summed E-state index contributed by atoms with van der Waals surface area (Å²) >= 11 is 0. The zero-order chi connectivity index (χ0) is 20.0. The van der Waals surface area contributed by atoms with Crippen LogP contribution in [-0.4, -0.2) is 19.1 Å². The maximum atomic E-state index is 12.7. The zero-order valence-corrected chi connectivity index (χ0v) is 17.2. The number of aryl methyl sites for hydroxylation is 2. The van der Waals surface area contributed by atoms with Crippen LogP contribution in [0.4, 0.5) is 0 Å². The zero-order valence-electron chi connectivity index (χ0n) is 17.2. The van der Waals surface area contributed by atoms with Crippen LogP contribution in [-0.2, 0) is 4.79 Å². The fourth-order valence-electron chi connectivity index (χ4n) is 2.92. The number of nitrogens with one attached hydrogen (secondary N) is 1. The Morgan fingerprint density at radius 2 is 1.59 bits per heavy atom. The minimum Gasteiger partial charge on any atom is -0.497 e. The first-order valence-electron chi connectivity index (χ1n) is 9.48. The van der Waals surface area contributed by atoms with Crippen LogP contribution < -0.4 is 14.8 Å². The molecule has 4 nitrogen and oxygen atoms in total. The molecule has 0 radical (unpaired) electrons. The second-order valence-corrected chi connectivity index (χ2v) is 7.47. The van der Waals surface area contributed by atoms with Gasteiger partial charge in [-0.15, -0.1) is 0 Å². The minimum atomic E-state index is -0.569. The summed E-state index contributed by atoms with van der Waals surface area (Å²) in [6.07, 6.45) is 0.286. The average Bonchev–Trinajstić information content (AvgIpc) is 2.63. The van der Waals surface area contributed by atoms with Crippen LogP contribution in [0.15, 0.2) is 42.5 Å². The number of carbonyl (C=O) groups excluding carboxylic acids is 1. The molecular formula is C23H31NO3. The molecule has 1 N–H and O–H groups in total. The van der Waals surface area contributed by atoms with E-state index in [-0.39, 0.29) is 11.9 Å². The summed E-state index contributed by atoms with van der Waals surface area (Å²) < 4.78 is 11.1. The van der Waals surface area contributed by atoms with Gasteiger partial charge >= 0.3 is 0 Å². The van der Waals surface area contributed by atoms with Crippen LogP contribution in [0.25, 0.3) is 0 Å². The fraction of sp³-hybridized carbons (Fsp3) is 0.435. The number of ether oxygens (including phenoxy) is 2. The van der Waals surface area contributed by atoms with Crippen molar-refractivity contribution in [1.82, 2.24) is 5.32 Å². The number of methoxy groups -OCH3 is 1. The molecule has 0 spiro atoms. The van der Waals surface area contributed by atoms with Crippen LogP contribution >= 0.6 is 0 Å². The number of rotatable bonds is 8. The molecule has 0 fully saturated rings. The van der Waals surface area contributed by atoms with E-state index in [4.69, 9.17) is 9.47 Å². The van der Waals surface area contributed by atoms with Gasteiger partial charge in [-0.25, -0.2) is 0 Å². The highest BCUT2D eigenvalue weighted by Crippen LogP contribution is 2.24. The second-order valence-electron chi connectivity index (χ2n) is 7.47. The predicted molar refractivity (Wildman–Crippen MR) is 109 cm³/mol. The van der Waals surface area contributed by atoms with Crippen LogP contribution in [0.2, 0.25) is 0 Å². The van der Waals surface area contributed by atoms with Gasteiger partial charge in [0, 0.05) is 0 Å². The SMILES string of the molecule is COc1ccc([C@@H](CC(C)C)NC(=O)[C@H](C)Oc2ccc(C)c(C)c2)cc1. The van der Waals surface area contributed by atoms with E-state index in [1.54, 1.807) is 14.0 Å². The third-order valence-electron chi connectivity index (χ3n) is 4.70. The van der Waals surface area contributed by atoms with E-state index in [2.05, 4.69) is 26.1 Å². The van der Waals surface area contributed by atoms with E-state index < -0.39 is 6.10 Å². The van der Waals surface area contributed by atoms with Crippen LogP contribution in [0.3, 0.4) is 0 Å². The first kappa shape index (κ1) is 20.8. The van der Waals surface area contributed by atoms with Gasteiger partial charge in [0.1, 0.15) is 11.5 Å². The van der Waals surface area contributed by atoms with E-state index in [1.165, 1.54) is 5.56 Å². The number of amides is 1. The molecule has 2 atom stereocenters. The van der Waals surface area contributed by atoms with Gasteiger partial charge in [0.25, 0.3) is 5.91 Å². The topological polar surface area (TPSA) is 47.6 Å². The lowest BCUT2D eigenvalue weighted by Crippen LogP contribution is -2.39. The number of benzene rings is 2. The Bertz CT molecular complexity index is 753. The molecule has 0 aliphatic carbocycles. The molecule has 0 aliphatic rings. The van der Waals surface area contributed by atoms with Gasteiger partial charge < -0.3 is 14.8 Å². The van der Waals surface area contributed by atoms with E-state index in [9.17, 15) is 4.79 Å². The van der Waals surface area contributed by atoms with Crippen molar-refractivity contribution in [2.24, 2.45) is 5.92 Å². The molecule has 2 rings (SSSR count). The highest BCUT2D eigenvalue weighted by atomic mass is 16.5. The fourth-order valence-corrected chi connectivity index (χ4v) is 2.92. The molecule has 2 aromatic rings. The van der Waals surface area contributed by atoms with Crippen molar-refractivity contribution in [2.45, 2.75) is 53.2 Å². The standard InChI is InChI=1S/C23H31NO3/c1-15(2)13-22(19-8-11-20(26-6)12-9-19)24-23(25)18(5)27-21-10-7-16(3)17(4)14-21/h7-12,14-15,18,22H,13H2,1-6H3,(H,24,25)/t18-,22+/m0/s1. The Morgan fingerprint density at radius 1 is 0.963 bits per heavy atom. The monoisotopic (exact) mass is 369 g/mol. The molecule has 0 saturated heterocycles. The Hall–Kier alpha value is -2.49.